The number of unbranched alkanes of at least 4 members (excludes halogenated alkanes) is 1. The molecule has 0 unspecified atom stereocenters. The van der Waals surface area contributed by atoms with Crippen LogP contribution in [0.5, 0.6) is 0 Å². The van der Waals surface area contributed by atoms with Gasteiger partial charge in [0.2, 0.25) is 0 Å². The van der Waals surface area contributed by atoms with Crippen LogP contribution >= 0.6 is 0 Å². The van der Waals surface area contributed by atoms with Crippen molar-refractivity contribution in [1.29, 1.82) is 0 Å². The van der Waals surface area contributed by atoms with Crippen molar-refractivity contribution in [3.8, 4) is 0 Å². The van der Waals surface area contributed by atoms with Crippen molar-refractivity contribution in [2.75, 3.05) is 11.9 Å². The Kier molecular flexibility index (Phi) is 4.78. The Bertz CT molecular complexity index is 540. The minimum absolute atomic E-state index is 0.243. The van der Waals surface area contributed by atoms with Gasteiger partial charge >= 0.3 is 5.51 Å². The third-order valence-electron chi connectivity index (χ3n) is 2.38. The number of rotatable bonds is 5. The van der Waals surface area contributed by atoms with Crippen LogP contribution in [0.3, 0.4) is 0 Å². The Morgan fingerprint density at radius 1 is 1.26 bits per heavy atom. The lowest BCUT2D eigenvalue weighted by molar-refractivity contribution is -0.0435. The van der Waals surface area contributed by atoms with Crippen molar-refractivity contribution in [2.24, 2.45) is 0 Å². The smallest absolute Gasteiger partial charge is 0.384 e. The number of alkyl halides is 3. The van der Waals surface area contributed by atoms with E-state index in [2.05, 4.69) is 5.32 Å². The molecule has 1 aromatic rings. The molecule has 0 saturated heterocycles. The molecule has 3 nitrogen and oxygen atoms in total. The summed E-state index contributed by atoms with van der Waals surface area (Å²) in [5.41, 5.74) is -5.70. The number of halogens is 4. The summed E-state index contributed by atoms with van der Waals surface area (Å²) in [7, 11) is -5.57. The first-order chi connectivity index (χ1) is 8.70. The average molecular weight is 299 g/mol. The highest BCUT2D eigenvalue weighted by Crippen LogP contribution is 2.34. The molecule has 1 aromatic carbocycles. The second-order valence-corrected chi connectivity index (χ2v) is 5.78. The Labute approximate surface area is 108 Å². The Morgan fingerprint density at radius 2 is 1.89 bits per heavy atom. The van der Waals surface area contributed by atoms with Gasteiger partial charge in [-0.15, -0.1) is 0 Å². The number of hydrogen-bond acceptors (Lipinski definition) is 3. The van der Waals surface area contributed by atoms with Gasteiger partial charge in [0.05, 0.1) is 5.69 Å². The van der Waals surface area contributed by atoms with E-state index in [-0.39, 0.29) is 5.69 Å². The lowest BCUT2D eigenvalue weighted by atomic mass is 10.3. The molecule has 19 heavy (non-hydrogen) atoms. The molecule has 0 aliphatic carbocycles. The molecule has 1 rings (SSSR count). The molecular formula is C11H13F4NO2S. The van der Waals surface area contributed by atoms with E-state index < -0.39 is 26.1 Å². The van der Waals surface area contributed by atoms with Crippen LogP contribution in [-0.2, 0) is 9.84 Å². The summed E-state index contributed by atoms with van der Waals surface area (Å²) in [6.07, 6.45) is 1.44. The van der Waals surface area contributed by atoms with Crippen molar-refractivity contribution in [2.45, 2.75) is 30.2 Å². The van der Waals surface area contributed by atoms with Crippen LogP contribution in [0.1, 0.15) is 19.8 Å². The zero-order valence-corrected chi connectivity index (χ0v) is 10.9. The fourth-order valence-corrected chi connectivity index (χ4v) is 2.34. The molecule has 0 heterocycles. The Morgan fingerprint density at radius 3 is 2.42 bits per heavy atom. The van der Waals surface area contributed by atoms with Crippen molar-refractivity contribution in [3.05, 3.63) is 24.0 Å². The minimum Gasteiger partial charge on any atom is -0.384 e. The lowest BCUT2D eigenvalue weighted by Crippen LogP contribution is -2.24. The van der Waals surface area contributed by atoms with E-state index in [9.17, 15) is 26.0 Å². The van der Waals surface area contributed by atoms with E-state index in [1.165, 1.54) is 0 Å². The number of sulfone groups is 1. The van der Waals surface area contributed by atoms with Crippen LogP contribution in [0.15, 0.2) is 23.1 Å². The second kappa shape index (κ2) is 5.77. The van der Waals surface area contributed by atoms with Crippen LogP contribution < -0.4 is 5.32 Å². The summed E-state index contributed by atoms with van der Waals surface area (Å²) < 4.78 is 73.1. The van der Waals surface area contributed by atoms with Crippen molar-refractivity contribution in [3.63, 3.8) is 0 Å². The molecule has 0 atom stereocenters. The zero-order valence-electron chi connectivity index (χ0n) is 10.1. The third-order valence-corrected chi connectivity index (χ3v) is 3.91. The topological polar surface area (TPSA) is 46.2 Å². The molecule has 108 valence electrons. The molecule has 8 heteroatoms. The van der Waals surface area contributed by atoms with Gasteiger partial charge in [0, 0.05) is 6.54 Å². The predicted octanol–water partition coefficient (Wildman–Crippen LogP) is 3.33. The van der Waals surface area contributed by atoms with Gasteiger partial charge in [-0.25, -0.2) is 12.8 Å². The number of hydrogen-bond donors (Lipinski definition) is 1. The first kappa shape index (κ1) is 15.7. The maximum Gasteiger partial charge on any atom is 0.501 e. The molecule has 0 radical (unpaired) electrons. The summed E-state index contributed by atoms with van der Waals surface area (Å²) in [4.78, 5) is -1.09. The molecule has 0 saturated carbocycles. The molecule has 1 N–H and O–H groups in total. The quantitative estimate of drug-likeness (QED) is 0.670. The van der Waals surface area contributed by atoms with Gasteiger partial charge in [-0.2, -0.15) is 13.2 Å². The molecule has 0 spiro atoms. The summed E-state index contributed by atoms with van der Waals surface area (Å²) in [5, 5.41) is 2.57. The molecule has 0 fully saturated rings. The minimum atomic E-state index is -5.57. The van der Waals surface area contributed by atoms with E-state index >= 15 is 0 Å². The Balaban J connectivity index is 3.22. The second-order valence-electron chi connectivity index (χ2n) is 3.87. The highest BCUT2D eigenvalue weighted by Gasteiger charge is 2.48. The van der Waals surface area contributed by atoms with Crippen LogP contribution in [0.2, 0.25) is 0 Å². The molecule has 0 bridgehead atoms. The molecule has 0 aliphatic rings. The fourth-order valence-electron chi connectivity index (χ4n) is 1.39. The molecule has 0 aliphatic heterocycles. The van der Waals surface area contributed by atoms with E-state index in [1.807, 2.05) is 6.92 Å². The van der Waals surface area contributed by atoms with Gasteiger partial charge in [-0.05, 0) is 24.6 Å². The predicted molar refractivity (Wildman–Crippen MR) is 63.0 cm³/mol. The average Bonchev–Trinajstić information content (AvgIpc) is 2.29. The lowest BCUT2D eigenvalue weighted by Gasteiger charge is -2.14. The van der Waals surface area contributed by atoms with Crippen LogP contribution in [0.4, 0.5) is 23.2 Å². The van der Waals surface area contributed by atoms with Crippen molar-refractivity contribution < 1.29 is 26.0 Å². The molecular weight excluding hydrogens is 286 g/mol. The monoisotopic (exact) mass is 299 g/mol. The van der Waals surface area contributed by atoms with E-state index in [0.717, 1.165) is 18.6 Å². The number of benzene rings is 1. The maximum absolute atomic E-state index is 13.0. The normalized spacial score (nSPS) is 12.5. The highest BCUT2D eigenvalue weighted by atomic mass is 32.2. The van der Waals surface area contributed by atoms with Gasteiger partial charge < -0.3 is 5.32 Å². The van der Waals surface area contributed by atoms with Gasteiger partial charge in [0.15, 0.2) is 0 Å². The zero-order chi connectivity index (χ0) is 14.7. The number of anilines is 1. The van der Waals surface area contributed by atoms with E-state index in [0.29, 0.717) is 19.0 Å². The Hall–Kier alpha value is -1.31. The SMILES string of the molecule is CCCCNc1ccc(F)cc1S(=O)(=O)C(F)(F)F. The van der Waals surface area contributed by atoms with Crippen LogP contribution in [0.25, 0.3) is 0 Å². The highest BCUT2D eigenvalue weighted by molar-refractivity contribution is 7.92. The third kappa shape index (κ3) is 3.59. The van der Waals surface area contributed by atoms with Crippen molar-refractivity contribution in [1.82, 2.24) is 0 Å². The largest absolute Gasteiger partial charge is 0.501 e. The first-order valence-corrected chi connectivity index (χ1v) is 7.03. The van der Waals surface area contributed by atoms with E-state index in [1.54, 1.807) is 0 Å². The van der Waals surface area contributed by atoms with Gasteiger partial charge in [0.1, 0.15) is 10.7 Å². The number of nitrogens with one attached hydrogen (secondary N) is 1. The summed E-state index contributed by atoms with van der Waals surface area (Å²) in [6, 6.07) is 2.27. The van der Waals surface area contributed by atoms with Crippen molar-refractivity contribution >= 4 is 15.5 Å². The first-order valence-electron chi connectivity index (χ1n) is 5.55. The van der Waals surface area contributed by atoms with Gasteiger partial charge in [0.25, 0.3) is 9.84 Å². The van der Waals surface area contributed by atoms with Crippen LogP contribution in [-0.4, -0.2) is 20.5 Å². The van der Waals surface area contributed by atoms with E-state index in [4.69, 9.17) is 0 Å². The standard InChI is InChI=1S/C11H13F4NO2S/c1-2-3-6-16-9-5-4-8(12)7-10(9)19(17,18)11(13,14)15/h4-5,7,16H,2-3,6H2,1H3. The molecule has 0 amide bonds. The van der Waals surface area contributed by atoms with Gasteiger partial charge in [-0.1, -0.05) is 13.3 Å². The summed E-state index contributed by atoms with van der Waals surface area (Å²) in [6.45, 7) is 2.18. The fraction of sp³-hybridized carbons (Fsp3) is 0.455. The summed E-state index contributed by atoms with van der Waals surface area (Å²) in [5.74, 6) is -1.04. The van der Waals surface area contributed by atoms with Gasteiger partial charge in [-0.3, -0.25) is 0 Å². The maximum atomic E-state index is 13.0. The molecule has 0 aromatic heterocycles. The van der Waals surface area contributed by atoms with Crippen LogP contribution in [0, 0.1) is 5.82 Å². The summed E-state index contributed by atoms with van der Waals surface area (Å²) >= 11 is 0.